The predicted molar refractivity (Wildman–Crippen MR) is 104 cm³/mol. The lowest BCUT2D eigenvalue weighted by molar-refractivity contribution is 0.0709. The normalized spacial score (nSPS) is 15.4. The summed E-state index contributed by atoms with van der Waals surface area (Å²) in [6, 6.07) is 9.10. The zero-order chi connectivity index (χ0) is 19.0. The molecule has 7 nitrogen and oxygen atoms in total. The van der Waals surface area contributed by atoms with Crippen molar-refractivity contribution in [2.24, 2.45) is 0 Å². The predicted octanol–water partition coefficient (Wildman–Crippen LogP) is 2.46. The van der Waals surface area contributed by atoms with Gasteiger partial charge in [-0.3, -0.25) is 9.89 Å². The highest BCUT2D eigenvalue weighted by molar-refractivity contribution is 6.07. The number of carbonyl (C=O) groups is 1. The molecular weight excluding hydrogens is 342 g/mol. The van der Waals surface area contributed by atoms with Crippen molar-refractivity contribution in [1.82, 2.24) is 25.4 Å². The van der Waals surface area contributed by atoms with E-state index in [2.05, 4.69) is 20.5 Å². The summed E-state index contributed by atoms with van der Waals surface area (Å²) < 4.78 is 0. The Morgan fingerprint density at radius 1 is 1.26 bits per heavy atom. The van der Waals surface area contributed by atoms with Gasteiger partial charge < -0.3 is 15.3 Å². The molecule has 1 aliphatic rings. The Hall–Kier alpha value is -2.93. The number of pyridine rings is 1. The van der Waals surface area contributed by atoms with Crippen LogP contribution >= 0.6 is 0 Å². The molecule has 2 aromatic heterocycles. The second kappa shape index (κ2) is 7.00. The average molecular weight is 365 g/mol. The summed E-state index contributed by atoms with van der Waals surface area (Å²) in [5.74, 6) is 0.209. The molecule has 7 heteroatoms. The molecule has 0 radical (unpaired) electrons. The molecule has 0 unspecified atom stereocenters. The Bertz CT molecular complexity index is 972. The topological polar surface area (TPSA) is 94.1 Å². The number of H-pyrrole nitrogens is 1. The van der Waals surface area contributed by atoms with Crippen LogP contribution in [0.15, 0.2) is 30.3 Å². The van der Waals surface area contributed by atoms with Crippen LogP contribution < -0.4 is 5.32 Å². The third kappa shape index (κ3) is 3.26. The molecule has 0 bridgehead atoms. The van der Waals surface area contributed by atoms with E-state index in [1.165, 1.54) is 0 Å². The minimum atomic E-state index is 0.0153. The van der Waals surface area contributed by atoms with Crippen LogP contribution in [0.3, 0.4) is 0 Å². The maximum atomic E-state index is 13.3. The summed E-state index contributed by atoms with van der Waals surface area (Å²) in [7, 11) is 1.97. The lowest BCUT2D eigenvalue weighted by atomic mass is 10.0. The standard InChI is InChI=1S/C20H23N5O2/c1-12-18-16(20(27)25-9-7-14(21-2)8-10-25)11-17(22-19(18)24-23-12)13-3-5-15(26)6-4-13/h3-6,11,14,21,26H,7-10H2,1-2H3,(H,22,23,24). The first kappa shape index (κ1) is 17.5. The molecular formula is C20H23N5O2. The van der Waals surface area contributed by atoms with Crippen LogP contribution in [-0.4, -0.2) is 57.3 Å². The molecule has 0 spiro atoms. The zero-order valence-corrected chi connectivity index (χ0v) is 15.5. The minimum Gasteiger partial charge on any atom is -0.508 e. The van der Waals surface area contributed by atoms with Gasteiger partial charge >= 0.3 is 0 Å². The number of carbonyl (C=O) groups excluding carboxylic acids is 1. The van der Waals surface area contributed by atoms with Gasteiger partial charge in [0, 0.05) is 30.4 Å². The number of hydrogen-bond donors (Lipinski definition) is 3. The number of aromatic hydroxyl groups is 1. The number of nitrogens with one attached hydrogen (secondary N) is 2. The van der Waals surface area contributed by atoms with Crippen molar-refractivity contribution in [3.63, 3.8) is 0 Å². The molecule has 0 saturated carbocycles. The van der Waals surface area contributed by atoms with E-state index < -0.39 is 0 Å². The van der Waals surface area contributed by atoms with Crippen molar-refractivity contribution in [2.75, 3.05) is 20.1 Å². The Balaban J connectivity index is 1.75. The summed E-state index contributed by atoms with van der Waals surface area (Å²) in [5.41, 5.74) is 3.49. The van der Waals surface area contributed by atoms with E-state index in [9.17, 15) is 9.90 Å². The number of aromatic nitrogens is 3. The molecule has 1 fully saturated rings. The number of benzene rings is 1. The number of phenols is 1. The van der Waals surface area contributed by atoms with Crippen molar-refractivity contribution in [3.05, 3.63) is 41.6 Å². The highest BCUT2D eigenvalue weighted by Gasteiger charge is 2.26. The Morgan fingerprint density at radius 2 is 1.96 bits per heavy atom. The average Bonchev–Trinajstić information content (AvgIpc) is 3.08. The number of rotatable bonds is 3. The van der Waals surface area contributed by atoms with E-state index in [-0.39, 0.29) is 11.7 Å². The molecule has 1 aromatic carbocycles. The number of hydrogen-bond acceptors (Lipinski definition) is 5. The van der Waals surface area contributed by atoms with Crippen molar-refractivity contribution in [1.29, 1.82) is 0 Å². The van der Waals surface area contributed by atoms with Crippen LogP contribution in [-0.2, 0) is 0 Å². The van der Waals surface area contributed by atoms with Crippen LogP contribution in [0.4, 0.5) is 0 Å². The maximum absolute atomic E-state index is 13.3. The Kier molecular flexibility index (Phi) is 4.53. The van der Waals surface area contributed by atoms with E-state index in [1.54, 1.807) is 24.3 Å². The van der Waals surface area contributed by atoms with Crippen LogP contribution in [0.2, 0.25) is 0 Å². The highest BCUT2D eigenvalue weighted by atomic mass is 16.3. The molecule has 4 rings (SSSR count). The van der Waals surface area contributed by atoms with Crippen molar-refractivity contribution in [3.8, 4) is 17.0 Å². The molecule has 0 aliphatic carbocycles. The van der Waals surface area contributed by atoms with Crippen LogP contribution in [0, 0.1) is 6.92 Å². The smallest absolute Gasteiger partial charge is 0.254 e. The molecule has 140 valence electrons. The molecule has 1 amide bonds. The summed E-state index contributed by atoms with van der Waals surface area (Å²) >= 11 is 0. The van der Waals surface area contributed by atoms with Gasteiger partial charge in [-0.1, -0.05) is 0 Å². The lowest BCUT2D eigenvalue weighted by Crippen LogP contribution is -2.44. The monoisotopic (exact) mass is 365 g/mol. The number of nitrogens with zero attached hydrogens (tertiary/aromatic N) is 3. The third-order valence-corrected chi connectivity index (χ3v) is 5.29. The molecule has 27 heavy (non-hydrogen) atoms. The largest absolute Gasteiger partial charge is 0.508 e. The van der Waals surface area contributed by atoms with Gasteiger partial charge in [-0.05, 0) is 57.1 Å². The Labute approximate surface area is 157 Å². The van der Waals surface area contributed by atoms with Gasteiger partial charge in [-0.15, -0.1) is 0 Å². The fourth-order valence-electron chi connectivity index (χ4n) is 3.67. The molecule has 0 atom stereocenters. The second-order valence-electron chi connectivity index (χ2n) is 7.00. The first-order chi connectivity index (χ1) is 13.1. The van der Waals surface area contributed by atoms with E-state index in [0.717, 1.165) is 42.6 Å². The van der Waals surface area contributed by atoms with Gasteiger partial charge in [0.15, 0.2) is 5.65 Å². The second-order valence-corrected chi connectivity index (χ2v) is 7.00. The summed E-state index contributed by atoms with van der Waals surface area (Å²) in [6.07, 6.45) is 1.90. The SMILES string of the molecule is CNC1CCN(C(=O)c2cc(-c3ccc(O)cc3)nc3n[nH]c(C)c23)CC1. The van der Waals surface area contributed by atoms with Gasteiger partial charge in [0.25, 0.3) is 5.91 Å². The highest BCUT2D eigenvalue weighted by Crippen LogP contribution is 2.28. The number of amides is 1. The van der Waals surface area contributed by atoms with Crippen molar-refractivity contribution < 1.29 is 9.90 Å². The number of piperidine rings is 1. The van der Waals surface area contributed by atoms with Gasteiger partial charge in [-0.25, -0.2) is 4.98 Å². The Morgan fingerprint density at radius 3 is 2.63 bits per heavy atom. The van der Waals surface area contributed by atoms with Gasteiger partial charge in [0.1, 0.15) is 5.75 Å². The van der Waals surface area contributed by atoms with E-state index >= 15 is 0 Å². The fourth-order valence-corrected chi connectivity index (χ4v) is 3.67. The van der Waals surface area contributed by atoms with Gasteiger partial charge in [0.2, 0.25) is 0 Å². The number of aryl methyl sites for hydroxylation is 1. The number of aromatic amines is 1. The molecule has 3 aromatic rings. The van der Waals surface area contributed by atoms with Crippen LogP contribution in [0.1, 0.15) is 28.9 Å². The third-order valence-electron chi connectivity index (χ3n) is 5.29. The van der Waals surface area contributed by atoms with E-state index in [0.29, 0.717) is 22.9 Å². The zero-order valence-electron chi connectivity index (χ0n) is 15.5. The fraction of sp³-hybridized carbons (Fsp3) is 0.350. The van der Waals surface area contributed by atoms with Crippen LogP contribution in [0.25, 0.3) is 22.3 Å². The van der Waals surface area contributed by atoms with Gasteiger partial charge in [-0.2, -0.15) is 5.10 Å². The summed E-state index contributed by atoms with van der Waals surface area (Å²) in [6.45, 7) is 3.38. The van der Waals surface area contributed by atoms with Crippen molar-refractivity contribution >= 4 is 16.9 Å². The number of fused-ring (bicyclic) bond motifs is 1. The molecule has 1 aliphatic heterocycles. The number of likely N-dealkylation sites (tertiary alicyclic amines) is 1. The first-order valence-corrected chi connectivity index (χ1v) is 9.18. The molecule has 1 saturated heterocycles. The molecule has 3 N–H and O–H groups in total. The maximum Gasteiger partial charge on any atom is 0.254 e. The lowest BCUT2D eigenvalue weighted by Gasteiger charge is -2.32. The number of phenolic OH excluding ortho intramolecular Hbond substituents is 1. The first-order valence-electron chi connectivity index (χ1n) is 9.18. The van der Waals surface area contributed by atoms with Gasteiger partial charge in [0.05, 0.1) is 16.6 Å². The van der Waals surface area contributed by atoms with Crippen LogP contribution in [0.5, 0.6) is 5.75 Å². The van der Waals surface area contributed by atoms with Crippen molar-refractivity contribution in [2.45, 2.75) is 25.8 Å². The minimum absolute atomic E-state index is 0.0153. The van der Waals surface area contributed by atoms with E-state index in [1.807, 2.05) is 24.9 Å². The summed E-state index contributed by atoms with van der Waals surface area (Å²) in [5, 5.41) is 20.8. The molecule has 3 heterocycles. The summed E-state index contributed by atoms with van der Waals surface area (Å²) in [4.78, 5) is 19.8. The van der Waals surface area contributed by atoms with E-state index in [4.69, 9.17) is 0 Å². The quantitative estimate of drug-likeness (QED) is 0.663.